The molecule has 1 aliphatic heterocycles. The van der Waals surface area contributed by atoms with Gasteiger partial charge in [-0.25, -0.2) is 4.98 Å². The maximum atomic E-state index is 12.2. The van der Waals surface area contributed by atoms with E-state index in [1.807, 2.05) is 18.2 Å². The van der Waals surface area contributed by atoms with Gasteiger partial charge in [-0.15, -0.1) is 11.3 Å². The third-order valence-corrected chi connectivity index (χ3v) is 5.99. The van der Waals surface area contributed by atoms with Crippen molar-refractivity contribution >= 4 is 17.3 Å². The Bertz CT molecular complexity index is 1060. The van der Waals surface area contributed by atoms with Gasteiger partial charge in [-0.1, -0.05) is 0 Å². The van der Waals surface area contributed by atoms with Crippen molar-refractivity contribution < 1.29 is 9.47 Å². The standard InChI is InChI=1S/C20H22N4O3S/c1-26-16-5-3-12(9-17(16)27-2)18-6-4-13(28-18)10-24-8-7-15-14(11-24)19(25)23-20(21)22-15/h3-6,9H,7-8,10-11H2,1-2H3,(H3,21,22,23,25). The number of ether oxygens (including phenoxy) is 2. The summed E-state index contributed by atoms with van der Waals surface area (Å²) in [5.41, 5.74) is 8.13. The molecule has 0 atom stereocenters. The maximum absolute atomic E-state index is 12.2. The van der Waals surface area contributed by atoms with Crippen molar-refractivity contribution in [3.8, 4) is 21.9 Å². The topological polar surface area (TPSA) is 93.5 Å². The fourth-order valence-electron chi connectivity index (χ4n) is 3.46. The summed E-state index contributed by atoms with van der Waals surface area (Å²) < 4.78 is 10.7. The minimum absolute atomic E-state index is 0.135. The Labute approximate surface area is 166 Å². The van der Waals surface area contributed by atoms with Gasteiger partial charge in [0, 0.05) is 35.8 Å². The van der Waals surface area contributed by atoms with Gasteiger partial charge >= 0.3 is 0 Å². The molecule has 0 bridgehead atoms. The van der Waals surface area contributed by atoms with Gasteiger partial charge in [-0.05, 0) is 35.9 Å². The average molecular weight is 398 g/mol. The van der Waals surface area contributed by atoms with Crippen molar-refractivity contribution in [2.45, 2.75) is 19.5 Å². The molecule has 0 fully saturated rings. The van der Waals surface area contributed by atoms with Crippen LogP contribution in [0, 0.1) is 0 Å². The van der Waals surface area contributed by atoms with Gasteiger partial charge in [0.2, 0.25) is 5.95 Å². The van der Waals surface area contributed by atoms with Crippen LogP contribution < -0.4 is 20.8 Å². The van der Waals surface area contributed by atoms with E-state index in [9.17, 15) is 4.79 Å². The van der Waals surface area contributed by atoms with E-state index in [4.69, 9.17) is 15.2 Å². The number of fused-ring (bicyclic) bond motifs is 1. The number of nitrogens with zero attached hydrogens (tertiary/aromatic N) is 2. The van der Waals surface area contributed by atoms with Crippen molar-refractivity contribution in [3.05, 3.63) is 56.8 Å². The van der Waals surface area contributed by atoms with Gasteiger partial charge in [0.15, 0.2) is 11.5 Å². The van der Waals surface area contributed by atoms with Crippen LogP contribution >= 0.6 is 11.3 Å². The third-order valence-electron chi connectivity index (χ3n) is 4.88. The van der Waals surface area contributed by atoms with Crippen molar-refractivity contribution in [3.63, 3.8) is 0 Å². The number of benzene rings is 1. The number of rotatable bonds is 5. The fourth-order valence-corrected chi connectivity index (χ4v) is 4.51. The average Bonchev–Trinajstić information content (AvgIpc) is 3.16. The van der Waals surface area contributed by atoms with E-state index in [1.165, 1.54) is 9.75 Å². The SMILES string of the molecule is COc1ccc(-c2ccc(CN3CCc4nc(N)[nH]c(=O)c4C3)s2)cc1OC. The first kappa shape index (κ1) is 18.5. The predicted molar refractivity (Wildman–Crippen MR) is 110 cm³/mol. The smallest absolute Gasteiger partial charge is 0.257 e. The molecule has 3 N–H and O–H groups in total. The first-order valence-corrected chi connectivity index (χ1v) is 9.80. The number of nitrogens with two attached hydrogens (primary N) is 1. The molecular formula is C20H22N4O3S. The lowest BCUT2D eigenvalue weighted by molar-refractivity contribution is 0.244. The number of thiophene rings is 1. The van der Waals surface area contributed by atoms with E-state index >= 15 is 0 Å². The summed E-state index contributed by atoms with van der Waals surface area (Å²) in [6.07, 6.45) is 0.733. The second kappa shape index (κ2) is 7.65. The molecule has 0 spiro atoms. The van der Waals surface area contributed by atoms with Crippen molar-refractivity contribution in [2.75, 3.05) is 26.5 Å². The monoisotopic (exact) mass is 398 g/mol. The van der Waals surface area contributed by atoms with Gasteiger partial charge < -0.3 is 15.2 Å². The normalized spacial score (nSPS) is 13.9. The Balaban J connectivity index is 1.51. The Hall–Kier alpha value is -2.84. The summed E-state index contributed by atoms with van der Waals surface area (Å²) in [6.45, 7) is 2.23. The minimum atomic E-state index is -0.135. The molecular weight excluding hydrogens is 376 g/mol. The molecule has 2 aromatic heterocycles. The Kier molecular flexibility index (Phi) is 5.06. The zero-order chi connectivity index (χ0) is 19.7. The lowest BCUT2D eigenvalue weighted by Gasteiger charge is -2.26. The largest absolute Gasteiger partial charge is 0.493 e. The van der Waals surface area contributed by atoms with Crippen LogP contribution in [0.1, 0.15) is 16.1 Å². The second-order valence-corrected chi connectivity index (χ2v) is 7.84. The lowest BCUT2D eigenvalue weighted by Crippen LogP contribution is -2.35. The number of hydrogen-bond acceptors (Lipinski definition) is 7. The first-order chi connectivity index (χ1) is 13.6. The summed E-state index contributed by atoms with van der Waals surface area (Å²) in [7, 11) is 3.27. The van der Waals surface area contributed by atoms with Crippen LogP contribution in [0.15, 0.2) is 35.1 Å². The predicted octanol–water partition coefficient (Wildman–Crippen LogP) is 2.66. The first-order valence-electron chi connectivity index (χ1n) is 8.98. The molecule has 0 unspecified atom stereocenters. The van der Waals surface area contributed by atoms with Crippen LogP contribution in [0.2, 0.25) is 0 Å². The fraction of sp³-hybridized carbons (Fsp3) is 0.300. The molecule has 0 saturated carbocycles. The van der Waals surface area contributed by atoms with E-state index in [0.29, 0.717) is 12.3 Å². The lowest BCUT2D eigenvalue weighted by atomic mass is 10.1. The van der Waals surface area contributed by atoms with E-state index in [0.717, 1.165) is 42.1 Å². The number of H-pyrrole nitrogens is 1. The third kappa shape index (κ3) is 3.61. The van der Waals surface area contributed by atoms with E-state index in [1.54, 1.807) is 25.6 Å². The summed E-state index contributed by atoms with van der Waals surface area (Å²) >= 11 is 1.74. The molecule has 0 saturated heterocycles. The zero-order valence-electron chi connectivity index (χ0n) is 15.8. The molecule has 146 valence electrons. The highest BCUT2D eigenvalue weighted by Crippen LogP contribution is 2.35. The molecule has 28 heavy (non-hydrogen) atoms. The van der Waals surface area contributed by atoms with E-state index < -0.39 is 0 Å². The molecule has 1 aliphatic rings. The molecule has 8 heteroatoms. The molecule has 4 rings (SSSR count). The number of hydrogen-bond donors (Lipinski definition) is 2. The second-order valence-electron chi connectivity index (χ2n) is 6.67. The number of anilines is 1. The molecule has 1 aromatic carbocycles. The van der Waals surface area contributed by atoms with Gasteiger partial charge in [-0.3, -0.25) is 14.7 Å². The van der Waals surface area contributed by atoms with Crippen molar-refractivity contribution in [1.82, 2.24) is 14.9 Å². The van der Waals surface area contributed by atoms with Crippen LogP contribution in [-0.2, 0) is 19.5 Å². The van der Waals surface area contributed by atoms with Crippen LogP contribution in [0.4, 0.5) is 5.95 Å². The van der Waals surface area contributed by atoms with Crippen LogP contribution in [0.3, 0.4) is 0 Å². The van der Waals surface area contributed by atoms with Crippen LogP contribution in [-0.4, -0.2) is 35.6 Å². The molecule has 3 aromatic rings. The molecule has 0 aliphatic carbocycles. The van der Waals surface area contributed by atoms with Crippen LogP contribution in [0.5, 0.6) is 11.5 Å². The summed E-state index contributed by atoms with van der Waals surface area (Å²) in [4.78, 5) is 23.7. The van der Waals surface area contributed by atoms with Crippen molar-refractivity contribution in [2.24, 2.45) is 0 Å². The highest BCUT2D eigenvalue weighted by atomic mass is 32.1. The molecule has 3 heterocycles. The van der Waals surface area contributed by atoms with Gasteiger partial charge in [0.05, 0.1) is 25.5 Å². The Morgan fingerprint density at radius 2 is 2.04 bits per heavy atom. The minimum Gasteiger partial charge on any atom is -0.493 e. The van der Waals surface area contributed by atoms with Gasteiger partial charge in [0.1, 0.15) is 0 Å². The Morgan fingerprint density at radius 3 is 2.82 bits per heavy atom. The number of aromatic amines is 1. The summed E-state index contributed by atoms with van der Waals surface area (Å²) in [5.74, 6) is 1.62. The number of nitrogens with one attached hydrogen (secondary N) is 1. The van der Waals surface area contributed by atoms with E-state index in [2.05, 4.69) is 27.0 Å². The zero-order valence-corrected chi connectivity index (χ0v) is 16.6. The van der Waals surface area contributed by atoms with Crippen LogP contribution in [0.25, 0.3) is 10.4 Å². The molecule has 0 radical (unpaired) electrons. The Morgan fingerprint density at radius 1 is 1.21 bits per heavy atom. The highest BCUT2D eigenvalue weighted by Gasteiger charge is 2.21. The molecule has 0 amide bonds. The summed E-state index contributed by atoms with van der Waals surface area (Å²) in [6, 6.07) is 10.2. The number of methoxy groups -OCH3 is 2. The summed E-state index contributed by atoms with van der Waals surface area (Å²) in [5, 5.41) is 0. The van der Waals surface area contributed by atoms with E-state index in [-0.39, 0.29) is 11.5 Å². The number of nitrogen functional groups attached to an aromatic ring is 1. The van der Waals surface area contributed by atoms with Gasteiger partial charge in [0.25, 0.3) is 5.56 Å². The quantitative estimate of drug-likeness (QED) is 0.686. The van der Waals surface area contributed by atoms with Crippen molar-refractivity contribution in [1.29, 1.82) is 0 Å². The highest BCUT2D eigenvalue weighted by molar-refractivity contribution is 7.15. The molecule has 7 nitrogen and oxygen atoms in total. The maximum Gasteiger partial charge on any atom is 0.257 e. The van der Waals surface area contributed by atoms with Gasteiger partial charge in [-0.2, -0.15) is 0 Å². The number of aromatic nitrogens is 2.